The molecular weight excluding hydrogens is 461 g/mol. The SMILES string of the molecule is C/C=C(\C=C/CCl)C1=C(c2ccc(O[C@H]3CCN(CCCF)C3)cc2)c2ccc(O)cc2CCC1. The van der Waals surface area contributed by atoms with Crippen LogP contribution < -0.4 is 4.74 Å². The van der Waals surface area contributed by atoms with Gasteiger partial charge in [-0.25, -0.2) is 0 Å². The van der Waals surface area contributed by atoms with Crippen molar-refractivity contribution in [3.05, 3.63) is 88.5 Å². The van der Waals surface area contributed by atoms with Crippen molar-refractivity contribution in [2.24, 2.45) is 0 Å². The number of nitrogens with zero attached hydrogens (tertiary/aromatic N) is 1. The third-order valence-corrected chi connectivity index (χ3v) is 7.04. The Hall–Kier alpha value is -2.56. The standard InChI is InChI=1S/C30H35ClFNO2/c1-2-22(7-4-16-31)28-8-3-6-24-20-25(34)11-14-29(24)30(28)23-9-12-26(13-10-23)35-27-15-19-33(21-27)18-5-17-32/h2,4,7,9-14,20,27,34H,3,5-6,8,15-19,21H2,1H3/b7-4-,22-2+/t27-/m0/s1. The largest absolute Gasteiger partial charge is 0.508 e. The van der Waals surface area contributed by atoms with Gasteiger partial charge in [-0.2, -0.15) is 0 Å². The van der Waals surface area contributed by atoms with E-state index in [4.69, 9.17) is 16.3 Å². The molecular formula is C30H35ClFNO2. The Kier molecular flexibility index (Phi) is 9.06. The topological polar surface area (TPSA) is 32.7 Å². The number of likely N-dealkylation sites (tertiary alicyclic amines) is 1. The van der Waals surface area contributed by atoms with Gasteiger partial charge in [0.15, 0.2) is 0 Å². The molecule has 5 heteroatoms. The van der Waals surface area contributed by atoms with Crippen molar-refractivity contribution < 1.29 is 14.2 Å². The van der Waals surface area contributed by atoms with E-state index in [-0.39, 0.29) is 12.8 Å². The zero-order valence-electron chi connectivity index (χ0n) is 20.5. The maximum absolute atomic E-state index is 12.5. The first-order chi connectivity index (χ1) is 17.1. The van der Waals surface area contributed by atoms with E-state index in [0.717, 1.165) is 56.6 Å². The van der Waals surface area contributed by atoms with Crippen LogP contribution in [0.2, 0.25) is 0 Å². The first-order valence-electron chi connectivity index (χ1n) is 12.6. The highest BCUT2D eigenvalue weighted by Gasteiger charge is 2.24. The van der Waals surface area contributed by atoms with E-state index < -0.39 is 0 Å². The Balaban J connectivity index is 1.64. The average molecular weight is 496 g/mol. The number of halogens is 2. The molecule has 1 fully saturated rings. The molecule has 0 spiro atoms. The van der Waals surface area contributed by atoms with Crippen molar-refractivity contribution in [1.29, 1.82) is 0 Å². The van der Waals surface area contributed by atoms with Gasteiger partial charge < -0.3 is 9.84 Å². The molecule has 0 unspecified atom stereocenters. The van der Waals surface area contributed by atoms with Gasteiger partial charge in [0.2, 0.25) is 0 Å². The molecule has 1 aliphatic heterocycles. The summed E-state index contributed by atoms with van der Waals surface area (Å²) in [6, 6.07) is 14.1. The summed E-state index contributed by atoms with van der Waals surface area (Å²) in [5, 5.41) is 10.1. The molecule has 4 rings (SSSR count). The molecule has 1 saturated heterocycles. The number of hydrogen-bond donors (Lipinski definition) is 1. The smallest absolute Gasteiger partial charge is 0.119 e. The van der Waals surface area contributed by atoms with Crippen LogP contribution in [0.5, 0.6) is 11.5 Å². The van der Waals surface area contributed by atoms with Crippen LogP contribution in [-0.2, 0) is 6.42 Å². The van der Waals surface area contributed by atoms with Crippen LogP contribution >= 0.6 is 11.6 Å². The fourth-order valence-electron chi connectivity index (χ4n) is 5.21. The molecule has 2 aliphatic rings. The number of phenolic OH excluding ortho intramolecular Hbond substituents is 1. The summed E-state index contributed by atoms with van der Waals surface area (Å²) in [7, 11) is 0. The fourth-order valence-corrected chi connectivity index (χ4v) is 5.30. The molecule has 0 bridgehead atoms. The Morgan fingerprint density at radius 3 is 2.77 bits per heavy atom. The Labute approximate surface area is 213 Å². The molecule has 3 nitrogen and oxygen atoms in total. The minimum Gasteiger partial charge on any atom is -0.508 e. The summed E-state index contributed by atoms with van der Waals surface area (Å²) in [5.41, 5.74) is 7.16. The van der Waals surface area contributed by atoms with Gasteiger partial charge in [-0.15, -0.1) is 11.6 Å². The predicted octanol–water partition coefficient (Wildman–Crippen LogP) is 7.08. The number of alkyl halides is 2. The van der Waals surface area contributed by atoms with E-state index in [1.807, 2.05) is 18.2 Å². The van der Waals surface area contributed by atoms with Gasteiger partial charge in [0.1, 0.15) is 17.6 Å². The van der Waals surface area contributed by atoms with Gasteiger partial charge >= 0.3 is 0 Å². The van der Waals surface area contributed by atoms with Gasteiger partial charge in [-0.3, -0.25) is 9.29 Å². The van der Waals surface area contributed by atoms with Crippen molar-refractivity contribution in [3.63, 3.8) is 0 Å². The summed E-state index contributed by atoms with van der Waals surface area (Å²) in [6.45, 7) is 4.42. The number of aryl methyl sites for hydroxylation is 1. The molecule has 0 radical (unpaired) electrons. The molecule has 0 saturated carbocycles. The lowest BCUT2D eigenvalue weighted by atomic mass is 9.87. The third-order valence-electron chi connectivity index (χ3n) is 6.86. The van der Waals surface area contributed by atoms with Crippen LogP contribution in [-0.4, -0.2) is 48.3 Å². The molecule has 1 aliphatic carbocycles. The van der Waals surface area contributed by atoms with Gasteiger partial charge in [0, 0.05) is 25.5 Å². The van der Waals surface area contributed by atoms with Crippen molar-refractivity contribution >= 4 is 17.2 Å². The number of phenols is 1. The maximum atomic E-state index is 12.5. The number of ether oxygens (including phenoxy) is 1. The van der Waals surface area contributed by atoms with E-state index in [2.05, 4.69) is 48.2 Å². The Morgan fingerprint density at radius 1 is 1.20 bits per heavy atom. The monoisotopic (exact) mass is 495 g/mol. The normalized spacial score (nSPS) is 19.3. The molecule has 186 valence electrons. The van der Waals surface area contributed by atoms with Crippen molar-refractivity contribution in [2.45, 2.75) is 45.1 Å². The average Bonchev–Trinajstić information content (AvgIpc) is 3.23. The second-order valence-electron chi connectivity index (χ2n) is 9.25. The highest BCUT2D eigenvalue weighted by molar-refractivity contribution is 6.18. The van der Waals surface area contributed by atoms with E-state index in [1.165, 1.54) is 27.8 Å². The molecule has 1 heterocycles. The first-order valence-corrected chi connectivity index (χ1v) is 13.2. The van der Waals surface area contributed by atoms with Gasteiger partial charge in [-0.05, 0) is 96.7 Å². The second-order valence-corrected chi connectivity index (χ2v) is 9.55. The quantitative estimate of drug-likeness (QED) is 0.298. The lowest BCUT2D eigenvalue weighted by Gasteiger charge is -2.19. The molecule has 2 aromatic carbocycles. The van der Waals surface area contributed by atoms with E-state index in [0.29, 0.717) is 18.1 Å². The minimum atomic E-state index is -0.263. The summed E-state index contributed by atoms with van der Waals surface area (Å²) < 4.78 is 18.8. The number of benzene rings is 2. The summed E-state index contributed by atoms with van der Waals surface area (Å²) in [5.74, 6) is 1.64. The van der Waals surface area contributed by atoms with Crippen LogP contribution in [0.25, 0.3) is 5.57 Å². The van der Waals surface area contributed by atoms with Crippen LogP contribution in [0.1, 0.15) is 49.3 Å². The fraction of sp³-hybridized carbons (Fsp3) is 0.400. The molecule has 0 aromatic heterocycles. The first kappa shape index (κ1) is 25.5. The maximum Gasteiger partial charge on any atom is 0.119 e. The molecule has 35 heavy (non-hydrogen) atoms. The van der Waals surface area contributed by atoms with E-state index in [9.17, 15) is 9.50 Å². The zero-order chi connectivity index (χ0) is 24.6. The van der Waals surface area contributed by atoms with Gasteiger partial charge in [0.25, 0.3) is 0 Å². The van der Waals surface area contributed by atoms with Crippen LogP contribution in [0.3, 0.4) is 0 Å². The van der Waals surface area contributed by atoms with Gasteiger partial charge in [0.05, 0.1) is 6.67 Å². The number of aromatic hydroxyl groups is 1. The molecule has 2 aromatic rings. The summed E-state index contributed by atoms with van der Waals surface area (Å²) >= 11 is 5.96. The number of allylic oxidation sites excluding steroid dienone is 5. The van der Waals surface area contributed by atoms with Crippen molar-refractivity contribution in [1.82, 2.24) is 4.90 Å². The number of fused-ring (bicyclic) bond motifs is 1. The van der Waals surface area contributed by atoms with Crippen LogP contribution in [0.4, 0.5) is 4.39 Å². The molecule has 0 amide bonds. The van der Waals surface area contributed by atoms with Crippen LogP contribution in [0, 0.1) is 0 Å². The summed E-state index contributed by atoms with van der Waals surface area (Å²) in [6.07, 6.45) is 10.8. The predicted molar refractivity (Wildman–Crippen MR) is 143 cm³/mol. The zero-order valence-corrected chi connectivity index (χ0v) is 21.2. The number of rotatable bonds is 9. The van der Waals surface area contributed by atoms with Crippen molar-refractivity contribution in [3.8, 4) is 11.5 Å². The van der Waals surface area contributed by atoms with Crippen molar-refractivity contribution in [2.75, 3.05) is 32.2 Å². The lowest BCUT2D eigenvalue weighted by molar-refractivity contribution is 0.198. The van der Waals surface area contributed by atoms with Gasteiger partial charge in [-0.1, -0.05) is 36.4 Å². The van der Waals surface area contributed by atoms with E-state index in [1.54, 1.807) is 6.07 Å². The summed E-state index contributed by atoms with van der Waals surface area (Å²) in [4.78, 5) is 2.28. The van der Waals surface area contributed by atoms with E-state index >= 15 is 0 Å². The molecule has 1 N–H and O–H groups in total. The van der Waals surface area contributed by atoms with Crippen LogP contribution in [0.15, 0.2) is 71.8 Å². The molecule has 1 atom stereocenters. The minimum absolute atomic E-state index is 0.145. The number of hydrogen-bond acceptors (Lipinski definition) is 3. The second kappa shape index (κ2) is 12.4. The highest BCUT2D eigenvalue weighted by atomic mass is 35.5. The highest BCUT2D eigenvalue weighted by Crippen LogP contribution is 2.40. The Morgan fingerprint density at radius 2 is 2.03 bits per heavy atom. The lowest BCUT2D eigenvalue weighted by Crippen LogP contribution is -2.26. The Bertz CT molecular complexity index is 1090. The third kappa shape index (κ3) is 6.36.